The lowest BCUT2D eigenvalue weighted by molar-refractivity contribution is -0.119. The largest absolute Gasteiger partial charge is 0.299 e. The van der Waals surface area contributed by atoms with Crippen molar-refractivity contribution in [2.24, 2.45) is 5.92 Å². The van der Waals surface area contributed by atoms with E-state index in [0.29, 0.717) is 18.1 Å². The lowest BCUT2D eigenvalue weighted by Gasteiger charge is -1.95. The molecule has 2 rings (SSSR count). The second-order valence-electron chi connectivity index (χ2n) is 3.11. The van der Waals surface area contributed by atoms with Crippen LogP contribution in [0, 0.1) is 5.92 Å². The molecule has 64 valence electrons. The maximum atomic E-state index is 11.4. The molecule has 1 aliphatic rings. The van der Waals surface area contributed by atoms with E-state index in [1.807, 2.05) is 11.4 Å². The van der Waals surface area contributed by atoms with Crippen LogP contribution in [-0.2, 0) is 11.2 Å². The fourth-order valence-corrected chi connectivity index (χ4v) is 2.66. The van der Waals surface area contributed by atoms with E-state index >= 15 is 0 Å². The van der Waals surface area contributed by atoms with Crippen LogP contribution in [0.3, 0.4) is 0 Å². The molecule has 0 aromatic carbocycles. The summed E-state index contributed by atoms with van der Waals surface area (Å²) in [5.74, 6) is 0.803. The normalized spacial score (nSPS) is 16.4. The van der Waals surface area contributed by atoms with Crippen LogP contribution in [0.15, 0.2) is 15.9 Å². The Morgan fingerprint density at radius 1 is 1.67 bits per heavy atom. The molecule has 0 atom stereocenters. The van der Waals surface area contributed by atoms with Crippen LogP contribution in [0.25, 0.3) is 0 Å². The molecule has 0 unspecified atom stereocenters. The summed E-state index contributed by atoms with van der Waals surface area (Å²) in [7, 11) is 0. The molecule has 0 spiro atoms. The molecule has 0 saturated heterocycles. The highest BCUT2D eigenvalue weighted by atomic mass is 79.9. The van der Waals surface area contributed by atoms with Crippen LogP contribution >= 0.6 is 27.3 Å². The third kappa shape index (κ3) is 1.77. The van der Waals surface area contributed by atoms with E-state index in [0.717, 1.165) is 17.3 Å². The number of hydrogen-bond donors (Lipinski definition) is 0. The Morgan fingerprint density at radius 2 is 2.42 bits per heavy atom. The van der Waals surface area contributed by atoms with Gasteiger partial charge in [-0.25, -0.2) is 0 Å². The lowest BCUT2D eigenvalue weighted by Crippen LogP contribution is -2.03. The van der Waals surface area contributed by atoms with Crippen LogP contribution in [0.4, 0.5) is 0 Å². The average molecular weight is 245 g/mol. The fraction of sp³-hybridized carbons (Fsp3) is 0.444. The van der Waals surface area contributed by atoms with Crippen molar-refractivity contribution < 1.29 is 4.79 Å². The van der Waals surface area contributed by atoms with Crippen molar-refractivity contribution in [2.45, 2.75) is 19.3 Å². The molecule has 0 radical (unpaired) electrons. The van der Waals surface area contributed by atoms with Gasteiger partial charge >= 0.3 is 0 Å². The van der Waals surface area contributed by atoms with Gasteiger partial charge in [0.2, 0.25) is 0 Å². The summed E-state index contributed by atoms with van der Waals surface area (Å²) in [5.41, 5.74) is 0. The summed E-state index contributed by atoms with van der Waals surface area (Å²) in [6.45, 7) is 0. The maximum absolute atomic E-state index is 11.4. The monoisotopic (exact) mass is 244 g/mol. The van der Waals surface area contributed by atoms with Crippen molar-refractivity contribution >= 4 is 33.0 Å². The molecule has 3 heteroatoms. The number of carbonyl (C=O) groups excluding carboxylic acids is 1. The number of hydrogen-bond acceptors (Lipinski definition) is 2. The SMILES string of the molecule is O=C(Cc1sccc1Br)C1CC1. The molecule has 0 amide bonds. The van der Waals surface area contributed by atoms with Crippen molar-refractivity contribution in [2.75, 3.05) is 0 Å². The second-order valence-corrected chi connectivity index (χ2v) is 4.96. The minimum Gasteiger partial charge on any atom is -0.299 e. The van der Waals surface area contributed by atoms with E-state index in [1.54, 1.807) is 11.3 Å². The quantitative estimate of drug-likeness (QED) is 0.799. The predicted octanol–water partition coefficient (Wildman–Crippen LogP) is 3.03. The maximum Gasteiger partial charge on any atom is 0.141 e. The molecule has 1 aromatic rings. The zero-order chi connectivity index (χ0) is 8.55. The van der Waals surface area contributed by atoms with Gasteiger partial charge in [0, 0.05) is 21.7 Å². The van der Waals surface area contributed by atoms with Gasteiger partial charge < -0.3 is 0 Å². The Morgan fingerprint density at radius 3 is 2.92 bits per heavy atom. The highest BCUT2D eigenvalue weighted by molar-refractivity contribution is 9.10. The predicted molar refractivity (Wildman–Crippen MR) is 53.5 cm³/mol. The standard InChI is InChI=1S/C9H9BrOS/c10-7-3-4-12-9(7)5-8(11)6-1-2-6/h3-4,6H,1-2,5H2. The van der Waals surface area contributed by atoms with Gasteiger partial charge in [-0.1, -0.05) is 0 Å². The molecule has 0 aliphatic heterocycles. The molecule has 1 nitrogen and oxygen atoms in total. The van der Waals surface area contributed by atoms with Gasteiger partial charge in [-0.05, 0) is 40.2 Å². The molecule has 0 bridgehead atoms. The molecule has 1 aromatic heterocycles. The summed E-state index contributed by atoms with van der Waals surface area (Å²) >= 11 is 5.08. The second kappa shape index (κ2) is 3.30. The van der Waals surface area contributed by atoms with Crippen LogP contribution < -0.4 is 0 Å². The van der Waals surface area contributed by atoms with E-state index in [1.165, 1.54) is 4.88 Å². The first kappa shape index (κ1) is 8.45. The Hall–Kier alpha value is -0.150. The van der Waals surface area contributed by atoms with Crippen LogP contribution in [-0.4, -0.2) is 5.78 Å². The number of halogens is 1. The first-order chi connectivity index (χ1) is 5.77. The summed E-state index contributed by atoms with van der Waals surface area (Å²) < 4.78 is 1.08. The van der Waals surface area contributed by atoms with E-state index in [2.05, 4.69) is 15.9 Å². The summed E-state index contributed by atoms with van der Waals surface area (Å²) in [6.07, 6.45) is 2.85. The molecule has 12 heavy (non-hydrogen) atoms. The number of Topliss-reactive ketones (excluding diaryl/α,β-unsaturated/α-hetero) is 1. The minimum atomic E-state index is 0.388. The summed E-state index contributed by atoms with van der Waals surface area (Å²) in [4.78, 5) is 12.6. The molecule has 1 saturated carbocycles. The van der Waals surface area contributed by atoms with Crippen molar-refractivity contribution in [1.29, 1.82) is 0 Å². The van der Waals surface area contributed by atoms with Gasteiger partial charge in [-0.2, -0.15) is 0 Å². The zero-order valence-electron chi connectivity index (χ0n) is 6.55. The Kier molecular flexibility index (Phi) is 2.33. The van der Waals surface area contributed by atoms with E-state index in [9.17, 15) is 4.79 Å². The zero-order valence-corrected chi connectivity index (χ0v) is 8.95. The molecular formula is C9H9BrOS. The van der Waals surface area contributed by atoms with Crippen LogP contribution in [0.2, 0.25) is 0 Å². The third-order valence-electron chi connectivity index (χ3n) is 2.06. The third-order valence-corrected chi connectivity index (χ3v) is 3.98. The smallest absolute Gasteiger partial charge is 0.141 e. The van der Waals surface area contributed by atoms with Gasteiger partial charge in [0.05, 0.1) is 0 Å². The van der Waals surface area contributed by atoms with Gasteiger partial charge in [0.1, 0.15) is 5.78 Å². The number of thiophene rings is 1. The first-order valence-electron chi connectivity index (χ1n) is 4.02. The number of carbonyl (C=O) groups is 1. The van der Waals surface area contributed by atoms with Crippen molar-refractivity contribution in [3.63, 3.8) is 0 Å². The average Bonchev–Trinajstić information content (AvgIpc) is 2.80. The molecular weight excluding hydrogens is 236 g/mol. The minimum absolute atomic E-state index is 0.388. The Bertz CT molecular complexity index is 301. The van der Waals surface area contributed by atoms with Crippen molar-refractivity contribution in [1.82, 2.24) is 0 Å². The van der Waals surface area contributed by atoms with Crippen molar-refractivity contribution in [3.8, 4) is 0 Å². The highest BCUT2D eigenvalue weighted by Gasteiger charge is 2.29. The number of ketones is 1. The molecule has 1 aliphatic carbocycles. The van der Waals surface area contributed by atoms with Gasteiger partial charge in [0.15, 0.2) is 0 Å². The number of rotatable bonds is 3. The lowest BCUT2D eigenvalue weighted by atomic mass is 10.2. The van der Waals surface area contributed by atoms with Gasteiger partial charge in [-0.3, -0.25) is 4.79 Å². The summed E-state index contributed by atoms with van der Waals surface area (Å²) in [6, 6.07) is 2.00. The fourth-order valence-electron chi connectivity index (χ4n) is 1.16. The van der Waals surface area contributed by atoms with E-state index < -0.39 is 0 Å². The molecule has 1 fully saturated rings. The molecule has 1 heterocycles. The topological polar surface area (TPSA) is 17.1 Å². The Labute approximate surface area is 83.9 Å². The highest BCUT2D eigenvalue weighted by Crippen LogP contribution is 2.33. The first-order valence-corrected chi connectivity index (χ1v) is 5.69. The van der Waals surface area contributed by atoms with Crippen LogP contribution in [0.1, 0.15) is 17.7 Å². The van der Waals surface area contributed by atoms with Gasteiger partial charge in [-0.15, -0.1) is 11.3 Å². The van der Waals surface area contributed by atoms with E-state index in [4.69, 9.17) is 0 Å². The summed E-state index contributed by atoms with van der Waals surface area (Å²) in [5, 5.41) is 2.01. The van der Waals surface area contributed by atoms with E-state index in [-0.39, 0.29) is 0 Å². The van der Waals surface area contributed by atoms with Gasteiger partial charge in [0.25, 0.3) is 0 Å². The molecule has 0 N–H and O–H groups in total. The Balaban J connectivity index is 2.02. The van der Waals surface area contributed by atoms with Crippen LogP contribution in [0.5, 0.6) is 0 Å². The van der Waals surface area contributed by atoms with Crippen molar-refractivity contribution in [3.05, 3.63) is 20.8 Å².